The Morgan fingerprint density at radius 2 is 2.06 bits per heavy atom. The number of thiocyanates is 1. The summed E-state index contributed by atoms with van der Waals surface area (Å²) in [5, 5.41) is 10.7. The summed E-state index contributed by atoms with van der Waals surface area (Å²) in [6.45, 7) is 9.19. The van der Waals surface area contributed by atoms with E-state index in [4.69, 9.17) is 10.00 Å². The molecule has 0 amide bonds. The monoisotopic (exact) mass is 263 g/mol. The van der Waals surface area contributed by atoms with Crippen LogP contribution in [0.1, 0.15) is 42.9 Å². The highest BCUT2D eigenvalue weighted by Gasteiger charge is 2.12. The Bertz CT molecular complexity index is 437. The van der Waals surface area contributed by atoms with Crippen LogP contribution in [-0.4, -0.2) is 12.4 Å². The van der Waals surface area contributed by atoms with Crippen LogP contribution in [0.5, 0.6) is 5.75 Å². The van der Waals surface area contributed by atoms with E-state index in [1.54, 1.807) is 0 Å². The Hall–Kier alpha value is -1.14. The average molecular weight is 263 g/mol. The van der Waals surface area contributed by atoms with Gasteiger partial charge in [-0.15, -0.1) is 0 Å². The molecule has 1 aromatic rings. The number of rotatable bonds is 6. The van der Waals surface area contributed by atoms with E-state index in [-0.39, 0.29) is 0 Å². The molecule has 0 saturated carbocycles. The molecule has 18 heavy (non-hydrogen) atoms. The van der Waals surface area contributed by atoms with E-state index in [1.807, 2.05) is 6.92 Å². The van der Waals surface area contributed by atoms with Crippen LogP contribution in [0.3, 0.4) is 0 Å². The van der Waals surface area contributed by atoms with Crippen molar-refractivity contribution in [3.8, 4) is 11.2 Å². The molecule has 0 aliphatic carbocycles. The zero-order valence-corrected chi connectivity index (χ0v) is 12.4. The smallest absolute Gasteiger partial charge is 0.133 e. The van der Waals surface area contributed by atoms with E-state index in [1.165, 1.54) is 28.5 Å². The lowest BCUT2D eigenvalue weighted by atomic mass is 9.91. The van der Waals surface area contributed by atoms with Gasteiger partial charge in [0.2, 0.25) is 0 Å². The summed E-state index contributed by atoms with van der Waals surface area (Å²) in [6.07, 6.45) is 1.03. The lowest BCUT2D eigenvalue weighted by molar-refractivity contribution is 0.337. The lowest BCUT2D eigenvalue weighted by Gasteiger charge is -2.18. The highest BCUT2D eigenvalue weighted by Crippen LogP contribution is 2.30. The molecule has 1 unspecified atom stereocenters. The summed E-state index contributed by atoms with van der Waals surface area (Å²) in [6, 6.07) is 4.23. The third-order valence-electron chi connectivity index (χ3n) is 3.33. The van der Waals surface area contributed by atoms with Gasteiger partial charge in [0.15, 0.2) is 0 Å². The van der Waals surface area contributed by atoms with Crippen molar-refractivity contribution in [3.63, 3.8) is 0 Å². The van der Waals surface area contributed by atoms with Crippen molar-refractivity contribution in [1.82, 2.24) is 0 Å². The minimum Gasteiger partial charge on any atom is -0.494 e. The molecule has 0 aromatic heterocycles. The van der Waals surface area contributed by atoms with Crippen molar-refractivity contribution in [2.45, 2.75) is 40.0 Å². The van der Waals surface area contributed by atoms with Crippen molar-refractivity contribution in [3.05, 3.63) is 28.8 Å². The standard InChI is InChI=1S/C15H21NOS/c1-5-17-15-7-6-14(12(3)13(15)4)11(2)8-9-18-10-16/h6-7,11H,5,8-9H2,1-4H3. The highest BCUT2D eigenvalue weighted by molar-refractivity contribution is 8.03. The second kappa shape index (κ2) is 7.33. The van der Waals surface area contributed by atoms with E-state index < -0.39 is 0 Å². The maximum atomic E-state index is 8.54. The molecule has 3 heteroatoms. The third-order valence-corrected chi connectivity index (χ3v) is 3.90. The fourth-order valence-electron chi connectivity index (χ4n) is 2.10. The van der Waals surface area contributed by atoms with Crippen LogP contribution >= 0.6 is 11.8 Å². The molecule has 98 valence electrons. The van der Waals surface area contributed by atoms with Crippen LogP contribution < -0.4 is 4.74 Å². The van der Waals surface area contributed by atoms with Crippen molar-refractivity contribution in [2.75, 3.05) is 12.4 Å². The highest BCUT2D eigenvalue weighted by atomic mass is 32.2. The number of nitriles is 1. The van der Waals surface area contributed by atoms with E-state index in [0.717, 1.165) is 17.9 Å². The van der Waals surface area contributed by atoms with Crippen LogP contribution in [-0.2, 0) is 0 Å². The molecule has 0 heterocycles. The molecule has 2 nitrogen and oxygen atoms in total. The van der Waals surface area contributed by atoms with Gasteiger partial charge in [0.1, 0.15) is 11.2 Å². The van der Waals surface area contributed by atoms with Crippen LogP contribution in [0.2, 0.25) is 0 Å². The molecule has 0 saturated heterocycles. The van der Waals surface area contributed by atoms with Gasteiger partial charge in [-0.05, 0) is 67.6 Å². The molecule has 1 atom stereocenters. The molecule has 0 N–H and O–H groups in total. The fourth-order valence-corrected chi connectivity index (χ4v) is 2.66. The van der Waals surface area contributed by atoms with Crippen molar-refractivity contribution in [1.29, 1.82) is 5.26 Å². The lowest BCUT2D eigenvalue weighted by Crippen LogP contribution is -2.02. The normalized spacial score (nSPS) is 11.9. The molecular formula is C15H21NOS. The topological polar surface area (TPSA) is 33.0 Å². The fraction of sp³-hybridized carbons (Fsp3) is 0.533. The molecule has 0 aliphatic rings. The number of ether oxygens (including phenoxy) is 1. The summed E-state index contributed by atoms with van der Waals surface area (Å²) in [5.74, 6) is 2.36. The quantitative estimate of drug-likeness (QED) is 0.563. The van der Waals surface area contributed by atoms with Crippen LogP contribution in [0.4, 0.5) is 0 Å². The Morgan fingerprint density at radius 3 is 2.67 bits per heavy atom. The minimum absolute atomic E-state index is 0.486. The Kier molecular flexibility index (Phi) is 6.07. The second-order valence-corrected chi connectivity index (χ2v) is 5.34. The largest absolute Gasteiger partial charge is 0.494 e. The van der Waals surface area contributed by atoms with Gasteiger partial charge >= 0.3 is 0 Å². The Morgan fingerprint density at radius 1 is 1.33 bits per heavy atom. The zero-order valence-electron chi connectivity index (χ0n) is 11.6. The second-order valence-electron chi connectivity index (χ2n) is 4.47. The number of benzene rings is 1. The summed E-state index contributed by atoms with van der Waals surface area (Å²) in [7, 11) is 0. The zero-order chi connectivity index (χ0) is 13.5. The average Bonchev–Trinajstić information content (AvgIpc) is 2.35. The predicted molar refractivity (Wildman–Crippen MR) is 78.2 cm³/mol. The maximum Gasteiger partial charge on any atom is 0.133 e. The number of thioether (sulfide) groups is 1. The summed E-state index contributed by atoms with van der Waals surface area (Å²) in [5.41, 5.74) is 3.92. The molecule has 1 rings (SSSR count). The number of hydrogen-bond acceptors (Lipinski definition) is 3. The van der Waals surface area contributed by atoms with E-state index in [2.05, 4.69) is 38.3 Å². The first-order valence-electron chi connectivity index (χ1n) is 6.35. The van der Waals surface area contributed by atoms with E-state index in [9.17, 15) is 0 Å². The van der Waals surface area contributed by atoms with Crippen LogP contribution in [0, 0.1) is 24.5 Å². The van der Waals surface area contributed by atoms with Gasteiger partial charge in [-0.2, -0.15) is 5.26 Å². The third kappa shape index (κ3) is 3.68. The molecule has 0 spiro atoms. The van der Waals surface area contributed by atoms with Crippen LogP contribution in [0.25, 0.3) is 0 Å². The van der Waals surface area contributed by atoms with Gasteiger partial charge in [0.25, 0.3) is 0 Å². The predicted octanol–water partition coefficient (Wildman–Crippen LogP) is 4.41. The summed E-state index contributed by atoms with van der Waals surface area (Å²) >= 11 is 1.33. The van der Waals surface area contributed by atoms with Gasteiger partial charge < -0.3 is 4.74 Å². The summed E-state index contributed by atoms with van der Waals surface area (Å²) in [4.78, 5) is 0. The first-order valence-corrected chi connectivity index (χ1v) is 7.34. The van der Waals surface area contributed by atoms with Gasteiger partial charge in [-0.25, -0.2) is 0 Å². The first kappa shape index (κ1) is 14.9. The van der Waals surface area contributed by atoms with Gasteiger partial charge in [0.05, 0.1) is 6.61 Å². The number of hydrogen-bond donors (Lipinski definition) is 0. The Balaban J connectivity index is 2.84. The van der Waals surface area contributed by atoms with Crippen LogP contribution in [0.15, 0.2) is 12.1 Å². The molecular weight excluding hydrogens is 242 g/mol. The van der Waals surface area contributed by atoms with Gasteiger partial charge in [0, 0.05) is 5.75 Å². The molecule has 0 fully saturated rings. The molecule has 0 aliphatic heterocycles. The SMILES string of the molecule is CCOc1ccc(C(C)CCSC#N)c(C)c1C. The first-order chi connectivity index (χ1) is 8.61. The summed E-state index contributed by atoms with van der Waals surface area (Å²) < 4.78 is 5.60. The van der Waals surface area contributed by atoms with Gasteiger partial charge in [-0.1, -0.05) is 13.0 Å². The van der Waals surface area contributed by atoms with Crippen molar-refractivity contribution in [2.24, 2.45) is 0 Å². The van der Waals surface area contributed by atoms with E-state index in [0.29, 0.717) is 12.5 Å². The molecule has 0 bridgehead atoms. The minimum atomic E-state index is 0.486. The van der Waals surface area contributed by atoms with Crippen molar-refractivity contribution < 1.29 is 4.74 Å². The maximum absolute atomic E-state index is 8.54. The Labute approximate surface area is 114 Å². The van der Waals surface area contributed by atoms with E-state index >= 15 is 0 Å². The van der Waals surface area contributed by atoms with Gasteiger partial charge in [-0.3, -0.25) is 0 Å². The van der Waals surface area contributed by atoms with Crippen molar-refractivity contribution >= 4 is 11.8 Å². The molecule has 0 radical (unpaired) electrons. The molecule has 1 aromatic carbocycles. The number of nitrogens with zero attached hydrogens (tertiary/aromatic N) is 1.